The van der Waals surface area contributed by atoms with Crippen LogP contribution in [0.2, 0.25) is 0 Å². The molecule has 2 N–H and O–H groups in total. The molecule has 4 nitrogen and oxygen atoms in total. The van der Waals surface area contributed by atoms with Gasteiger partial charge in [0.1, 0.15) is 0 Å². The van der Waals surface area contributed by atoms with Crippen LogP contribution in [0.5, 0.6) is 0 Å². The first-order valence-corrected chi connectivity index (χ1v) is 6.13. The number of carbonyl (C=O) groups is 2. The first kappa shape index (κ1) is 14.2. The molecule has 0 fully saturated rings. The van der Waals surface area contributed by atoms with Crippen molar-refractivity contribution in [2.45, 2.75) is 33.2 Å². The zero-order valence-corrected chi connectivity index (χ0v) is 11.1. The van der Waals surface area contributed by atoms with Crippen LogP contribution in [-0.4, -0.2) is 24.3 Å². The van der Waals surface area contributed by atoms with Gasteiger partial charge >= 0.3 is 0 Å². The molecule has 1 rings (SSSR count). The van der Waals surface area contributed by atoms with Crippen LogP contribution in [0.3, 0.4) is 0 Å². The molecule has 1 amide bonds. The van der Waals surface area contributed by atoms with Crippen molar-refractivity contribution in [2.75, 3.05) is 11.9 Å². The molecule has 1 aromatic carbocycles. The maximum atomic E-state index is 11.4. The number of rotatable bonds is 6. The zero-order chi connectivity index (χ0) is 13.5. The van der Waals surface area contributed by atoms with E-state index in [9.17, 15) is 9.59 Å². The van der Waals surface area contributed by atoms with E-state index in [1.807, 2.05) is 26.0 Å². The molecule has 0 saturated carbocycles. The summed E-state index contributed by atoms with van der Waals surface area (Å²) in [7, 11) is 0. The Balaban J connectivity index is 2.42. The zero-order valence-electron chi connectivity index (χ0n) is 11.1. The Morgan fingerprint density at radius 1 is 1.28 bits per heavy atom. The number of carbonyl (C=O) groups excluding carboxylic acids is 2. The van der Waals surface area contributed by atoms with Gasteiger partial charge in [-0.1, -0.05) is 12.1 Å². The summed E-state index contributed by atoms with van der Waals surface area (Å²) in [6, 6.07) is 7.44. The van der Waals surface area contributed by atoms with Crippen LogP contribution in [0.4, 0.5) is 5.69 Å². The standard InChI is InChI=1S/C14H20N2O2/c1-10(2)16-14(18)7-8-15-13-6-4-5-12(9-13)11(3)17/h4-6,9-10,15H,7-8H2,1-3H3,(H,16,18). The lowest BCUT2D eigenvalue weighted by Crippen LogP contribution is -2.31. The normalized spacial score (nSPS) is 10.2. The topological polar surface area (TPSA) is 58.2 Å². The van der Waals surface area contributed by atoms with E-state index >= 15 is 0 Å². The van der Waals surface area contributed by atoms with Gasteiger partial charge in [-0.2, -0.15) is 0 Å². The summed E-state index contributed by atoms with van der Waals surface area (Å²) >= 11 is 0. The predicted octanol–water partition coefficient (Wildman–Crippen LogP) is 2.22. The number of anilines is 1. The molecule has 0 spiro atoms. The van der Waals surface area contributed by atoms with Gasteiger partial charge in [-0.05, 0) is 32.9 Å². The summed E-state index contributed by atoms with van der Waals surface area (Å²) in [5.74, 6) is 0.0661. The number of nitrogens with one attached hydrogen (secondary N) is 2. The minimum atomic E-state index is 0.0280. The molecule has 0 aliphatic heterocycles. The Morgan fingerprint density at radius 3 is 2.61 bits per heavy atom. The van der Waals surface area contributed by atoms with Gasteiger partial charge in [-0.25, -0.2) is 0 Å². The molecular formula is C14H20N2O2. The monoisotopic (exact) mass is 248 g/mol. The summed E-state index contributed by atoms with van der Waals surface area (Å²) < 4.78 is 0. The second kappa shape index (κ2) is 6.79. The van der Waals surface area contributed by atoms with Crippen molar-refractivity contribution in [3.63, 3.8) is 0 Å². The van der Waals surface area contributed by atoms with E-state index in [-0.39, 0.29) is 17.7 Å². The van der Waals surface area contributed by atoms with Gasteiger partial charge in [0.2, 0.25) is 5.91 Å². The van der Waals surface area contributed by atoms with E-state index in [0.717, 1.165) is 5.69 Å². The molecular weight excluding hydrogens is 228 g/mol. The van der Waals surface area contributed by atoms with E-state index in [4.69, 9.17) is 0 Å². The highest BCUT2D eigenvalue weighted by Gasteiger charge is 2.03. The van der Waals surface area contributed by atoms with Crippen LogP contribution < -0.4 is 10.6 Å². The minimum Gasteiger partial charge on any atom is -0.385 e. The number of benzene rings is 1. The summed E-state index contributed by atoms with van der Waals surface area (Å²) in [5, 5.41) is 5.96. The third-order valence-electron chi connectivity index (χ3n) is 2.40. The maximum absolute atomic E-state index is 11.4. The van der Waals surface area contributed by atoms with Crippen molar-refractivity contribution in [3.8, 4) is 0 Å². The smallest absolute Gasteiger partial charge is 0.221 e. The van der Waals surface area contributed by atoms with E-state index in [0.29, 0.717) is 18.5 Å². The molecule has 0 heterocycles. The number of amides is 1. The van der Waals surface area contributed by atoms with E-state index < -0.39 is 0 Å². The minimum absolute atomic E-state index is 0.0280. The van der Waals surface area contributed by atoms with Crippen molar-refractivity contribution in [1.82, 2.24) is 5.32 Å². The molecule has 0 unspecified atom stereocenters. The second-order valence-corrected chi connectivity index (χ2v) is 4.54. The second-order valence-electron chi connectivity index (χ2n) is 4.54. The SMILES string of the molecule is CC(=O)c1cccc(NCCC(=O)NC(C)C)c1. The number of Topliss-reactive ketones (excluding diaryl/α,β-unsaturated/α-hetero) is 1. The molecule has 0 bridgehead atoms. The van der Waals surface area contributed by atoms with Crippen LogP contribution >= 0.6 is 0 Å². The van der Waals surface area contributed by atoms with Crippen LogP contribution in [0.25, 0.3) is 0 Å². The third-order valence-corrected chi connectivity index (χ3v) is 2.40. The lowest BCUT2D eigenvalue weighted by molar-refractivity contribution is -0.121. The average Bonchev–Trinajstić information content (AvgIpc) is 2.28. The predicted molar refractivity (Wildman–Crippen MR) is 72.8 cm³/mol. The molecule has 0 aromatic heterocycles. The lowest BCUT2D eigenvalue weighted by atomic mass is 10.1. The highest BCUT2D eigenvalue weighted by Crippen LogP contribution is 2.10. The quantitative estimate of drug-likeness (QED) is 0.759. The van der Waals surface area contributed by atoms with Crippen molar-refractivity contribution < 1.29 is 9.59 Å². The third kappa shape index (κ3) is 4.99. The van der Waals surface area contributed by atoms with Gasteiger partial charge in [0.25, 0.3) is 0 Å². The van der Waals surface area contributed by atoms with Gasteiger partial charge < -0.3 is 10.6 Å². The number of ketones is 1. The van der Waals surface area contributed by atoms with Gasteiger partial charge in [0.05, 0.1) is 0 Å². The van der Waals surface area contributed by atoms with Crippen molar-refractivity contribution >= 4 is 17.4 Å². The number of hydrogen-bond acceptors (Lipinski definition) is 3. The van der Waals surface area contributed by atoms with Crippen LogP contribution in [0.15, 0.2) is 24.3 Å². The highest BCUT2D eigenvalue weighted by molar-refractivity contribution is 5.94. The fraction of sp³-hybridized carbons (Fsp3) is 0.429. The fourth-order valence-corrected chi connectivity index (χ4v) is 1.56. The maximum Gasteiger partial charge on any atom is 0.221 e. The molecule has 0 saturated heterocycles. The van der Waals surface area contributed by atoms with Crippen LogP contribution in [0, 0.1) is 0 Å². The van der Waals surface area contributed by atoms with Crippen molar-refractivity contribution in [2.24, 2.45) is 0 Å². The van der Waals surface area contributed by atoms with E-state index in [1.165, 1.54) is 6.92 Å². The van der Waals surface area contributed by atoms with Crippen molar-refractivity contribution in [3.05, 3.63) is 29.8 Å². The highest BCUT2D eigenvalue weighted by atomic mass is 16.1. The van der Waals surface area contributed by atoms with Crippen LogP contribution in [0.1, 0.15) is 37.6 Å². The summed E-state index contributed by atoms with van der Waals surface area (Å²) in [6.07, 6.45) is 0.419. The largest absolute Gasteiger partial charge is 0.385 e. The first-order chi connectivity index (χ1) is 8.49. The number of hydrogen-bond donors (Lipinski definition) is 2. The van der Waals surface area contributed by atoms with E-state index in [2.05, 4.69) is 10.6 Å². The Morgan fingerprint density at radius 2 is 2.00 bits per heavy atom. The van der Waals surface area contributed by atoms with Gasteiger partial charge in [0, 0.05) is 30.3 Å². The fourth-order valence-electron chi connectivity index (χ4n) is 1.56. The van der Waals surface area contributed by atoms with Gasteiger partial charge in [0.15, 0.2) is 5.78 Å². The lowest BCUT2D eigenvalue weighted by Gasteiger charge is -2.10. The molecule has 1 aromatic rings. The van der Waals surface area contributed by atoms with Crippen molar-refractivity contribution in [1.29, 1.82) is 0 Å². The molecule has 4 heteroatoms. The molecule has 98 valence electrons. The molecule has 0 radical (unpaired) electrons. The Kier molecular flexibility index (Phi) is 5.36. The molecule has 18 heavy (non-hydrogen) atoms. The Bertz CT molecular complexity index is 428. The van der Waals surface area contributed by atoms with E-state index in [1.54, 1.807) is 12.1 Å². The Hall–Kier alpha value is -1.84. The summed E-state index contributed by atoms with van der Waals surface area (Å²) in [6.45, 7) is 5.96. The Labute approximate surface area is 108 Å². The molecule has 0 atom stereocenters. The van der Waals surface area contributed by atoms with Gasteiger partial charge in [-0.15, -0.1) is 0 Å². The van der Waals surface area contributed by atoms with Crippen LogP contribution in [-0.2, 0) is 4.79 Å². The first-order valence-electron chi connectivity index (χ1n) is 6.13. The summed E-state index contributed by atoms with van der Waals surface area (Å²) in [4.78, 5) is 22.6. The van der Waals surface area contributed by atoms with Gasteiger partial charge in [-0.3, -0.25) is 9.59 Å². The molecule has 0 aliphatic carbocycles. The molecule has 0 aliphatic rings. The average molecular weight is 248 g/mol. The summed E-state index contributed by atoms with van der Waals surface area (Å²) in [5.41, 5.74) is 1.53.